The Kier molecular flexibility index (Phi) is 4.83. The lowest BCUT2D eigenvalue weighted by atomic mass is 10.1. The number of rotatable bonds is 6. The second kappa shape index (κ2) is 6.62. The highest BCUT2D eigenvalue weighted by molar-refractivity contribution is 5.33. The summed E-state index contributed by atoms with van der Waals surface area (Å²) in [5, 5.41) is 8.97. The highest BCUT2D eigenvalue weighted by Crippen LogP contribution is 2.20. The third kappa shape index (κ3) is 3.72. The van der Waals surface area contributed by atoms with Crippen LogP contribution in [0.1, 0.15) is 24.8 Å². The molecule has 0 aliphatic carbocycles. The van der Waals surface area contributed by atoms with E-state index in [1.807, 2.05) is 24.3 Å². The van der Waals surface area contributed by atoms with E-state index in [0.29, 0.717) is 19.1 Å². The number of hydrogen-bond acceptors (Lipinski definition) is 3. The van der Waals surface area contributed by atoms with Crippen LogP contribution in [0.3, 0.4) is 0 Å². The van der Waals surface area contributed by atoms with E-state index in [9.17, 15) is 0 Å². The van der Waals surface area contributed by atoms with E-state index in [2.05, 4.69) is 0 Å². The average Bonchev–Trinajstić information content (AvgIpc) is 2.85. The lowest BCUT2D eigenvalue weighted by Crippen LogP contribution is -2.11. The maximum Gasteiger partial charge on any atom is 0.122 e. The molecule has 0 aromatic heterocycles. The van der Waals surface area contributed by atoms with Crippen molar-refractivity contribution in [3.05, 3.63) is 29.8 Å². The standard InChI is InChI=1S/C14H20O3/c15-9-7-12-4-1-2-6-14(12)17-11-8-13-5-3-10-16-13/h1-2,4,6,13,15H,3,5,7-11H2. The van der Waals surface area contributed by atoms with Crippen molar-refractivity contribution in [3.8, 4) is 5.75 Å². The third-order valence-corrected chi connectivity index (χ3v) is 3.08. The van der Waals surface area contributed by atoms with Gasteiger partial charge in [-0.15, -0.1) is 0 Å². The molecule has 2 rings (SSSR count). The predicted octanol–water partition coefficient (Wildman–Crippen LogP) is 2.17. The smallest absolute Gasteiger partial charge is 0.122 e. The van der Waals surface area contributed by atoms with Crippen LogP contribution in [0, 0.1) is 0 Å². The van der Waals surface area contributed by atoms with Gasteiger partial charge in [-0.25, -0.2) is 0 Å². The number of benzene rings is 1. The lowest BCUT2D eigenvalue weighted by molar-refractivity contribution is 0.0901. The van der Waals surface area contributed by atoms with Crippen molar-refractivity contribution in [2.45, 2.75) is 31.8 Å². The van der Waals surface area contributed by atoms with Crippen molar-refractivity contribution in [3.63, 3.8) is 0 Å². The number of aliphatic hydroxyl groups excluding tert-OH is 1. The third-order valence-electron chi connectivity index (χ3n) is 3.08. The van der Waals surface area contributed by atoms with Gasteiger partial charge in [0, 0.05) is 19.6 Å². The van der Waals surface area contributed by atoms with Crippen molar-refractivity contribution in [1.82, 2.24) is 0 Å². The van der Waals surface area contributed by atoms with Crippen molar-refractivity contribution in [1.29, 1.82) is 0 Å². The molecule has 0 spiro atoms. The van der Waals surface area contributed by atoms with Gasteiger partial charge in [0.05, 0.1) is 12.7 Å². The van der Waals surface area contributed by atoms with Crippen molar-refractivity contribution in [2.24, 2.45) is 0 Å². The molecule has 1 saturated heterocycles. The van der Waals surface area contributed by atoms with Gasteiger partial charge in [-0.2, -0.15) is 0 Å². The topological polar surface area (TPSA) is 38.7 Å². The number of ether oxygens (including phenoxy) is 2. The Labute approximate surface area is 102 Å². The van der Waals surface area contributed by atoms with Gasteiger partial charge in [-0.3, -0.25) is 0 Å². The monoisotopic (exact) mass is 236 g/mol. The van der Waals surface area contributed by atoms with Crippen LogP contribution in [-0.4, -0.2) is 31.0 Å². The fraction of sp³-hybridized carbons (Fsp3) is 0.571. The zero-order chi connectivity index (χ0) is 11.9. The summed E-state index contributed by atoms with van der Waals surface area (Å²) in [7, 11) is 0. The number of para-hydroxylation sites is 1. The molecule has 0 bridgehead atoms. The quantitative estimate of drug-likeness (QED) is 0.822. The van der Waals surface area contributed by atoms with Crippen LogP contribution in [0.15, 0.2) is 24.3 Å². The summed E-state index contributed by atoms with van der Waals surface area (Å²) in [5.74, 6) is 0.888. The summed E-state index contributed by atoms with van der Waals surface area (Å²) in [5.41, 5.74) is 1.07. The first kappa shape index (κ1) is 12.4. The Morgan fingerprint density at radius 2 is 2.24 bits per heavy atom. The van der Waals surface area contributed by atoms with E-state index in [0.717, 1.165) is 30.8 Å². The van der Waals surface area contributed by atoms with Crippen LogP contribution >= 0.6 is 0 Å². The molecule has 1 atom stereocenters. The van der Waals surface area contributed by atoms with E-state index in [-0.39, 0.29) is 6.61 Å². The molecule has 1 aromatic rings. The molecule has 94 valence electrons. The molecule has 3 nitrogen and oxygen atoms in total. The molecule has 0 radical (unpaired) electrons. The number of aliphatic hydroxyl groups is 1. The zero-order valence-corrected chi connectivity index (χ0v) is 10.1. The SMILES string of the molecule is OCCc1ccccc1OCCC1CCCO1. The summed E-state index contributed by atoms with van der Waals surface area (Å²) >= 11 is 0. The van der Waals surface area contributed by atoms with Gasteiger partial charge < -0.3 is 14.6 Å². The first-order valence-electron chi connectivity index (χ1n) is 6.33. The maximum absolute atomic E-state index is 8.97. The van der Waals surface area contributed by atoms with Crippen LogP contribution in [0.5, 0.6) is 5.75 Å². The molecule has 1 aromatic carbocycles. The lowest BCUT2D eigenvalue weighted by Gasteiger charge is -2.13. The van der Waals surface area contributed by atoms with E-state index < -0.39 is 0 Å². The predicted molar refractivity (Wildman–Crippen MR) is 66.3 cm³/mol. The fourth-order valence-electron chi connectivity index (χ4n) is 2.14. The van der Waals surface area contributed by atoms with Crippen LogP contribution in [-0.2, 0) is 11.2 Å². The molecule has 1 aliphatic rings. The summed E-state index contributed by atoms with van der Waals surface area (Å²) < 4.78 is 11.3. The Morgan fingerprint density at radius 3 is 3.00 bits per heavy atom. The Hall–Kier alpha value is -1.06. The summed E-state index contributed by atoms with van der Waals surface area (Å²) in [4.78, 5) is 0. The van der Waals surface area contributed by atoms with Crippen LogP contribution in [0.2, 0.25) is 0 Å². The Morgan fingerprint density at radius 1 is 1.35 bits per heavy atom. The second-order valence-electron chi connectivity index (χ2n) is 4.35. The van der Waals surface area contributed by atoms with E-state index in [1.165, 1.54) is 6.42 Å². The van der Waals surface area contributed by atoms with Crippen molar-refractivity contribution in [2.75, 3.05) is 19.8 Å². The van der Waals surface area contributed by atoms with Gasteiger partial charge in [-0.1, -0.05) is 18.2 Å². The average molecular weight is 236 g/mol. The molecule has 3 heteroatoms. The highest BCUT2D eigenvalue weighted by atomic mass is 16.5. The van der Waals surface area contributed by atoms with Gasteiger partial charge in [0.2, 0.25) is 0 Å². The zero-order valence-electron chi connectivity index (χ0n) is 10.1. The molecule has 1 fully saturated rings. The van der Waals surface area contributed by atoms with Gasteiger partial charge in [0.25, 0.3) is 0 Å². The summed E-state index contributed by atoms with van der Waals surface area (Å²) in [6, 6.07) is 7.89. The molecular weight excluding hydrogens is 216 g/mol. The molecule has 1 unspecified atom stereocenters. The fourth-order valence-corrected chi connectivity index (χ4v) is 2.14. The normalized spacial score (nSPS) is 19.5. The Balaban J connectivity index is 1.80. The van der Waals surface area contributed by atoms with Crippen LogP contribution < -0.4 is 4.74 Å². The first-order chi connectivity index (χ1) is 8.40. The van der Waals surface area contributed by atoms with Gasteiger partial charge in [0.1, 0.15) is 5.75 Å². The van der Waals surface area contributed by atoms with Crippen molar-refractivity contribution >= 4 is 0 Å². The molecular formula is C14H20O3. The van der Waals surface area contributed by atoms with Gasteiger partial charge >= 0.3 is 0 Å². The molecule has 0 saturated carbocycles. The molecule has 1 heterocycles. The summed E-state index contributed by atoms with van der Waals surface area (Å²) in [6.07, 6.45) is 4.30. The van der Waals surface area contributed by atoms with Crippen molar-refractivity contribution < 1.29 is 14.6 Å². The minimum Gasteiger partial charge on any atom is -0.493 e. The van der Waals surface area contributed by atoms with E-state index >= 15 is 0 Å². The first-order valence-corrected chi connectivity index (χ1v) is 6.33. The molecule has 1 N–H and O–H groups in total. The largest absolute Gasteiger partial charge is 0.493 e. The second-order valence-corrected chi connectivity index (χ2v) is 4.35. The molecule has 1 aliphatic heterocycles. The maximum atomic E-state index is 8.97. The Bertz CT molecular complexity index is 332. The van der Waals surface area contributed by atoms with Crippen LogP contribution in [0.25, 0.3) is 0 Å². The van der Waals surface area contributed by atoms with E-state index in [4.69, 9.17) is 14.6 Å². The molecule has 0 amide bonds. The minimum atomic E-state index is 0.159. The van der Waals surface area contributed by atoms with Gasteiger partial charge in [-0.05, 0) is 30.9 Å². The highest BCUT2D eigenvalue weighted by Gasteiger charge is 2.15. The summed E-state index contributed by atoms with van der Waals surface area (Å²) in [6.45, 7) is 1.74. The van der Waals surface area contributed by atoms with Gasteiger partial charge in [0.15, 0.2) is 0 Å². The molecule has 17 heavy (non-hydrogen) atoms. The van der Waals surface area contributed by atoms with Crippen LogP contribution in [0.4, 0.5) is 0 Å². The number of hydrogen-bond donors (Lipinski definition) is 1. The minimum absolute atomic E-state index is 0.159. The van der Waals surface area contributed by atoms with E-state index in [1.54, 1.807) is 0 Å².